The first-order valence-electron chi connectivity index (χ1n) is 6.24. The van der Waals surface area contributed by atoms with Crippen LogP contribution in [0.25, 0.3) is 5.57 Å². The molecule has 1 aromatic rings. The summed E-state index contributed by atoms with van der Waals surface area (Å²) >= 11 is 1.15. The Kier molecular flexibility index (Phi) is 4.86. The van der Waals surface area contributed by atoms with Gasteiger partial charge in [0.25, 0.3) is 5.88 Å². The van der Waals surface area contributed by atoms with Crippen molar-refractivity contribution in [3.05, 3.63) is 11.8 Å². The van der Waals surface area contributed by atoms with Gasteiger partial charge in [0.1, 0.15) is 12.3 Å². The maximum atomic E-state index is 10.7. The van der Waals surface area contributed by atoms with E-state index in [1.807, 2.05) is 0 Å². The molecule has 0 aliphatic carbocycles. The zero-order valence-corrected chi connectivity index (χ0v) is 12.0. The summed E-state index contributed by atoms with van der Waals surface area (Å²) in [4.78, 5) is 13.0. The molecule has 0 unspecified atom stereocenters. The van der Waals surface area contributed by atoms with Crippen LogP contribution < -0.4 is 10.1 Å². The van der Waals surface area contributed by atoms with E-state index in [9.17, 15) is 4.79 Å². The number of ether oxygens (including phenoxy) is 1. The minimum Gasteiger partial charge on any atom is -0.474 e. The molecule has 0 saturated carbocycles. The van der Waals surface area contributed by atoms with E-state index in [4.69, 9.17) is 4.74 Å². The highest BCUT2D eigenvalue weighted by Crippen LogP contribution is 2.26. The summed E-state index contributed by atoms with van der Waals surface area (Å²) in [6.07, 6.45) is 3.21. The molecule has 2 rings (SSSR count). The number of nitrogens with zero attached hydrogens (tertiary/aromatic N) is 3. The van der Waals surface area contributed by atoms with E-state index in [0.29, 0.717) is 19.0 Å². The number of amides is 1. The highest BCUT2D eigenvalue weighted by molar-refractivity contribution is 6.99. The minimum absolute atomic E-state index is 0.0585. The lowest BCUT2D eigenvalue weighted by molar-refractivity contribution is -0.119. The fraction of sp³-hybridized carbons (Fsp3) is 0.583. The lowest BCUT2D eigenvalue weighted by Crippen LogP contribution is -2.26. The first kappa shape index (κ1) is 14.0. The van der Waals surface area contributed by atoms with E-state index < -0.39 is 0 Å². The lowest BCUT2D eigenvalue weighted by atomic mass is 10.1. The zero-order valence-electron chi connectivity index (χ0n) is 11.2. The van der Waals surface area contributed by atoms with Crippen molar-refractivity contribution >= 4 is 23.2 Å². The normalized spacial score (nSPS) is 16.0. The molecule has 0 spiro atoms. The Hall–Kier alpha value is -1.47. The number of carbonyl (C=O) groups is 1. The van der Waals surface area contributed by atoms with Crippen molar-refractivity contribution in [1.82, 2.24) is 19.0 Å². The minimum atomic E-state index is -0.0585. The average molecular weight is 282 g/mol. The van der Waals surface area contributed by atoms with Crippen LogP contribution in [0.15, 0.2) is 6.08 Å². The molecular weight excluding hydrogens is 264 g/mol. The second kappa shape index (κ2) is 6.63. The van der Waals surface area contributed by atoms with Crippen molar-refractivity contribution in [2.45, 2.75) is 13.3 Å². The number of likely N-dealkylation sites (N-methyl/N-ethyl adjacent to an activating group) is 1. The van der Waals surface area contributed by atoms with Gasteiger partial charge in [0.05, 0.1) is 18.3 Å². The molecule has 0 atom stereocenters. The highest BCUT2D eigenvalue weighted by atomic mass is 32.1. The first-order chi connectivity index (χ1) is 9.16. The maximum absolute atomic E-state index is 10.7. The van der Waals surface area contributed by atoms with Crippen molar-refractivity contribution in [3.63, 3.8) is 0 Å². The van der Waals surface area contributed by atoms with Gasteiger partial charge in [0.2, 0.25) is 5.91 Å². The maximum Gasteiger partial charge on any atom is 0.253 e. The van der Waals surface area contributed by atoms with Gasteiger partial charge >= 0.3 is 0 Å². The van der Waals surface area contributed by atoms with Gasteiger partial charge in [-0.3, -0.25) is 4.79 Å². The van der Waals surface area contributed by atoms with E-state index in [1.54, 1.807) is 0 Å². The Labute approximate surface area is 116 Å². The molecule has 0 radical (unpaired) electrons. The highest BCUT2D eigenvalue weighted by Gasteiger charge is 2.18. The van der Waals surface area contributed by atoms with Crippen molar-refractivity contribution in [1.29, 1.82) is 0 Å². The van der Waals surface area contributed by atoms with Crippen molar-refractivity contribution in [2.24, 2.45) is 0 Å². The van der Waals surface area contributed by atoms with Gasteiger partial charge in [-0.1, -0.05) is 6.08 Å². The summed E-state index contributed by atoms with van der Waals surface area (Å²) in [6, 6.07) is 0. The molecule has 7 heteroatoms. The van der Waals surface area contributed by atoms with Crippen LogP contribution in [0.1, 0.15) is 19.0 Å². The molecule has 19 heavy (non-hydrogen) atoms. The standard InChI is InChI=1S/C12H18N4O2S/c1-9(17)13-5-7-18-12-11(14-19-15-12)10-4-3-6-16(2)8-10/h4H,3,5-8H2,1-2H3,(H,13,17). The second-order valence-electron chi connectivity index (χ2n) is 4.51. The summed E-state index contributed by atoms with van der Waals surface area (Å²) in [7, 11) is 2.09. The van der Waals surface area contributed by atoms with Gasteiger partial charge < -0.3 is 15.0 Å². The van der Waals surface area contributed by atoms with Crippen LogP contribution in [0.3, 0.4) is 0 Å². The van der Waals surface area contributed by atoms with Crippen LogP contribution >= 0.6 is 11.7 Å². The topological polar surface area (TPSA) is 67.3 Å². The van der Waals surface area contributed by atoms with Crippen molar-refractivity contribution in [3.8, 4) is 5.88 Å². The zero-order chi connectivity index (χ0) is 13.7. The van der Waals surface area contributed by atoms with Crippen LogP contribution in [0.2, 0.25) is 0 Å². The van der Waals surface area contributed by atoms with Gasteiger partial charge in [-0.05, 0) is 19.0 Å². The number of nitrogens with one attached hydrogen (secondary N) is 1. The van der Waals surface area contributed by atoms with Gasteiger partial charge in [-0.2, -0.15) is 4.37 Å². The Morgan fingerprint density at radius 2 is 2.42 bits per heavy atom. The second-order valence-corrected chi connectivity index (χ2v) is 5.03. The van der Waals surface area contributed by atoms with Crippen LogP contribution in [-0.4, -0.2) is 52.8 Å². The predicted molar refractivity (Wildman–Crippen MR) is 74.2 cm³/mol. The molecule has 0 aromatic carbocycles. The largest absolute Gasteiger partial charge is 0.474 e. The number of hydrogen-bond acceptors (Lipinski definition) is 6. The molecular formula is C12H18N4O2S. The summed E-state index contributed by atoms with van der Waals surface area (Å²) in [5.74, 6) is 0.508. The Morgan fingerprint density at radius 1 is 1.58 bits per heavy atom. The number of rotatable bonds is 5. The van der Waals surface area contributed by atoms with Crippen LogP contribution in [0, 0.1) is 0 Å². The summed E-state index contributed by atoms with van der Waals surface area (Å²) in [6.45, 7) is 4.30. The predicted octanol–water partition coefficient (Wildman–Crippen LogP) is 0.772. The van der Waals surface area contributed by atoms with Gasteiger partial charge in [-0.25, -0.2) is 0 Å². The third-order valence-electron chi connectivity index (χ3n) is 2.82. The molecule has 1 aliphatic heterocycles. The fourth-order valence-electron chi connectivity index (χ4n) is 1.91. The van der Waals surface area contributed by atoms with Crippen molar-refractivity contribution in [2.75, 3.05) is 33.3 Å². The van der Waals surface area contributed by atoms with E-state index in [2.05, 4.69) is 32.1 Å². The summed E-state index contributed by atoms with van der Waals surface area (Å²) < 4.78 is 14.1. The van der Waals surface area contributed by atoms with E-state index in [0.717, 1.165) is 42.5 Å². The van der Waals surface area contributed by atoms with Crippen LogP contribution in [-0.2, 0) is 4.79 Å². The molecule has 1 aromatic heterocycles. The molecule has 0 saturated heterocycles. The smallest absolute Gasteiger partial charge is 0.253 e. The first-order valence-corrected chi connectivity index (χ1v) is 6.97. The van der Waals surface area contributed by atoms with Crippen molar-refractivity contribution < 1.29 is 9.53 Å². The monoisotopic (exact) mass is 282 g/mol. The molecule has 1 amide bonds. The van der Waals surface area contributed by atoms with Crippen LogP contribution in [0.4, 0.5) is 0 Å². The fourth-order valence-corrected chi connectivity index (χ4v) is 2.44. The molecule has 1 N–H and O–H groups in total. The molecule has 104 valence electrons. The molecule has 2 heterocycles. The Balaban J connectivity index is 1.94. The molecule has 0 fully saturated rings. The Bertz CT molecular complexity index is 472. The summed E-state index contributed by atoms with van der Waals surface area (Å²) in [5.41, 5.74) is 2.00. The third-order valence-corrected chi connectivity index (χ3v) is 3.33. The van der Waals surface area contributed by atoms with E-state index in [1.165, 1.54) is 6.92 Å². The molecule has 0 bridgehead atoms. The van der Waals surface area contributed by atoms with E-state index >= 15 is 0 Å². The van der Waals surface area contributed by atoms with Gasteiger partial charge in [0.15, 0.2) is 0 Å². The number of carbonyl (C=O) groups excluding carboxylic acids is 1. The number of hydrogen-bond donors (Lipinski definition) is 1. The number of aromatic nitrogens is 2. The quantitative estimate of drug-likeness (QED) is 0.808. The molecule has 6 nitrogen and oxygen atoms in total. The Morgan fingerprint density at radius 3 is 3.16 bits per heavy atom. The van der Waals surface area contributed by atoms with Crippen LogP contribution in [0.5, 0.6) is 5.88 Å². The third kappa shape index (κ3) is 4.00. The van der Waals surface area contributed by atoms with E-state index in [-0.39, 0.29) is 5.91 Å². The average Bonchev–Trinajstić information content (AvgIpc) is 2.83. The SMILES string of the molecule is CC(=O)NCCOc1nsnc1C1=CCCN(C)C1. The lowest BCUT2D eigenvalue weighted by Gasteiger charge is -2.22. The molecule has 1 aliphatic rings. The van der Waals surface area contributed by atoms with Gasteiger partial charge in [0, 0.05) is 20.0 Å². The summed E-state index contributed by atoms with van der Waals surface area (Å²) in [5, 5.41) is 2.68. The van der Waals surface area contributed by atoms with Gasteiger partial charge in [-0.15, -0.1) is 4.37 Å².